The van der Waals surface area contributed by atoms with E-state index in [1.165, 1.54) is 0 Å². The van der Waals surface area contributed by atoms with Crippen molar-refractivity contribution in [3.63, 3.8) is 0 Å². The number of carbonyl (C=O) groups excluding carboxylic acids is 2. The van der Waals surface area contributed by atoms with Crippen molar-refractivity contribution in [1.29, 1.82) is 0 Å². The predicted molar refractivity (Wildman–Crippen MR) is 110 cm³/mol. The topological polar surface area (TPSA) is 79.6 Å². The molecule has 1 fully saturated rings. The summed E-state index contributed by atoms with van der Waals surface area (Å²) in [6.45, 7) is 1.51. The molecular formula is C22H23N5O2. The second-order valence-electron chi connectivity index (χ2n) is 7.11. The lowest BCUT2D eigenvalue weighted by molar-refractivity contribution is -0.132. The van der Waals surface area contributed by atoms with Crippen molar-refractivity contribution in [2.24, 2.45) is 5.92 Å². The van der Waals surface area contributed by atoms with Crippen LogP contribution in [0.3, 0.4) is 0 Å². The Labute approximate surface area is 169 Å². The lowest BCUT2D eigenvalue weighted by Crippen LogP contribution is -2.42. The van der Waals surface area contributed by atoms with Gasteiger partial charge in [0, 0.05) is 31.3 Å². The molecule has 0 atom stereocenters. The van der Waals surface area contributed by atoms with Gasteiger partial charge in [-0.15, -0.1) is 10.2 Å². The highest BCUT2D eigenvalue weighted by molar-refractivity contribution is 5.92. The van der Waals surface area contributed by atoms with Crippen molar-refractivity contribution in [2.75, 3.05) is 13.1 Å². The van der Waals surface area contributed by atoms with Crippen LogP contribution in [0.2, 0.25) is 0 Å². The molecule has 1 N–H and O–H groups in total. The summed E-state index contributed by atoms with van der Waals surface area (Å²) in [6.07, 6.45) is 6.63. The van der Waals surface area contributed by atoms with Gasteiger partial charge in [-0.2, -0.15) is 0 Å². The van der Waals surface area contributed by atoms with Crippen LogP contribution in [-0.2, 0) is 16.1 Å². The number of nitrogens with zero attached hydrogens (tertiary/aromatic N) is 4. The number of hydrogen-bond acceptors (Lipinski definition) is 4. The van der Waals surface area contributed by atoms with Gasteiger partial charge in [-0.25, -0.2) is 0 Å². The van der Waals surface area contributed by atoms with Gasteiger partial charge < -0.3 is 10.2 Å². The summed E-state index contributed by atoms with van der Waals surface area (Å²) in [6, 6.07) is 15.4. The van der Waals surface area contributed by atoms with E-state index in [0.29, 0.717) is 38.3 Å². The average Bonchev–Trinajstić information content (AvgIpc) is 3.20. The summed E-state index contributed by atoms with van der Waals surface area (Å²) >= 11 is 0. The minimum atomic E-state index is -0.0867. The summed E-state index contributed by atoms with van der Waals surface area (Å²) in [5.41, 5.74) is 1.75. The summed E-state index contributed by atoms with van der Waals surface area (Å²) < 4.78 is 1.86. The molecule has 1 aliphatic rings. The Morgan fingerprint density at radius 2 is 1.79 bits per heavy atom. The fraction of sp³-hybridized carbons (Fsp3) is 0.273. The van der Waals surface area contributed by atoms with Crippen molar-refractivity contribution < 1.29 is 9.59 Å². The van der Waals surface area contributed by atoms with E-state index in [-0.39, 0.29) is 17.7 Å². The lowest BCUT2D eigenvalue weighted by Gasteiger charge is -2.30. The summed E-state index contributed by atoms with van der Waals surface area (Å²) in [5.74, 6) is 0.608. The van der Waals surface area contributed by atoms with E-state index in [2.05, 4.69) is 15.5 Å². The van der Waals surface area contributed by atoms with Gasteiger partial charge in [0.05, 0.1) is 6.54 Å². The molecule has 0 aliphatic carbocycles. The van der Waals surface area contributed by atoms with Crippen LogP contribution < -0.4 is 5.32 Å². The van der Waals surface area contributed by atoms with E-state index in [0.717, 1.165) is 11.2 Å². The van der Waals surface area contributed by atoms with Crippen LogP contribution in [0.25, 0.3) is 11.7 Å². The highest BCUT2D eigenvalue weighted by Gasteiger charge is 2.26. The smallest absolute Gasteiger partial charge is 0.246 e. The molecule has 7 nitrogen and oxygen atoms in total. The van der Waals surface area contributed by atoms with Crippen molar-refractivity contribution in [3.8, 4) is 0 Å². The van der Waals surface area contributed by atoms with E-state index in [1.807, 2.05) is 65.2 Å². The first-order valence-electron chi connectivity index (χ1n) is 9.79. The monoisotopic (exact) mass is 389 g/mol. The Bertz CT molecular complexity index is 1020. The molecule has 2 aromatic heterocycles. The zero-order valence-electron chi connectivity index (χ0n) is 16.1. The maximum Gasteiger partial charge on any atom is 0.246 e. The standard InChI is InChI=1S/C22H23N5O2/c28-21(10-9-17-6-2-1-3-7-17)26-14-11-18(12-15-26)22(29)23-16-20-25-24-19-8-4-5-13-27(19)20/h1-10,13,18H,11-12,14-16H2,(H,23,29). The van der Waals surface area contributed by atoms with Gasteiger partial charge in [-0.05, 0) is 36.6 Å². The average molecular weight is 389 g/mol. The molecule has 0 saturated carbocycles. The first-order valence-corrected chi connectivity index (χ1v) is 9.79. The fourth-order valence-corrected chi connectivity index (χ4v) is 3.52. The van der Waals surface area contributed by atoms with Crippen LogP contribution in [0.5, 0.6) is 0 Å². The highest BCUT2D eigenvalue weighted by Crippen LogP contribution is 2.18. The first-order chi connectivity index (χ1) is 14.2. The number of amides is 2. The van der Waals surface area contributed by atoms with Gasteiger partial charge in [-0.3, -0.25) is 14.0 Å². The molecule has 148 valence electrons. The van der Waals surface area contributed by atoms with Crippen molar-refractivity contribution in [1.82, 2.24) is 24.8 Å². The Hall–Kier alpha value is -3.48. The van der Waals surface area contributed by atoms with Crippen LogP contribution in [0.15, 0.2) is 60.8 Å². The van der Waals surface area contributed by atoms with Crippen LogP contribution >= 0.6 is 0 Å². The number of hydrogen-bond donors (Lipinski definition) is 1. The minimum Gasteiger partial charge on any atom is -0.349 e. The normalized spacial score (nSPS) is 15.1. The quantitative estimate of drug-likeness (QED) is 0.679. The van der Waals surface area contributed by atoms with Gasteiger partial charge in [0.15, 0.2) is 11.5 Å². The molecular weight excluding hydrogens is 366 g/mol. The molecule has 1 aromatic carbocycles. The Morgan fingerprint density at radius 1 is 1.03 bits per heavy atom. The molecule has 1 aliphatic heterocycles. The van der Waals surface area contributed by atoms with Crippen molar-refractivity contribution >= 4 is 23.5 Å². The third-order valence-corrected chi connectivity index (χ3v) is 5.20. The van der Waals surface area contributed by atoms with Gasteiger partial charge in [0.1, 0.15) is 0 Å². The van der Waals surface area contributed by atoms with Crippen molar-refractivity contribution in [2.45, 2.75) is 19.4 Å². The molecule has 0 spiro atoms. The zero-order chi connectivity index (χ0) is 20.1. The zero-order valence-corrected chi connectivity index (χ0v) is 16.1. The second kappa shape index (κ2) is 8.68. The van der Waals surface area contributed by atoms with Crippen molar-refractivity contribution in [3.05, 3.63) is 72.2 Å². The van der Waals surface area contributed by atoms with Gasteiger partial charge in [0.2, 0.25) is 11.8 Å². The van der Waals surface area contributed by atoms with Gasteiger partial charge in [0.25, 0.3) is 0 Å². The van der Waals surface area contributed by atoms with Crippen LogP contribution in [0.1, 0.15) is 24.2 Å². The maximum absolute atomic E-state index is 12.5. The van der Waals surface area contributed by atoms with Crippen LogP contribution in [0, 0.1) is 5.92 Å². The molecule has 4 rings (SSSR count). The number of nitrogens with one attached hydrogen (secondary N) is 1. The number of benzene rings is 1. The van der Waals surface area contributed by atoms with E-state index in [1.54, 1.807) is 11.0 Å². The number of fused-ring (bicyclic) bond motifs is 1. The number of piperidine rings is 1. The van der Waals surface area contributed by atoms with E-state index < -0.39 is 0 Å². The maximum atomic E-state index is 12.5. The predicted octanol–water partition coefficient (Wildman–Crippen LogP) is 2.30. The minimum absolute atomic E-state index is 0.00427. The Kier molecular flexibility index (Phi) is 5.65. The SMILES string of the molecule is O=C(NCc1nnc2ccccn12)C1CCN(C(=O)C=Cc2ccccc2)CC1. The van der Waals surface area contributed by atoms with Gasteiger partial charge in [-0.1, -0.05) is 36.4 Å². The summed E-state index contributed by atoms with van der Waals surface area (Å²) in [7, 11) is 0. The molecule has 7 heteroatoms. The molecule has 0 radical (unpaired) electrons. The molecule has 2 amide bonds. The van der Waals surface area contributed by atoms with Crippen LogP contribution in [-0.4, -0.2) is 44.4 Å². The summed E-state index contributed by atoms with van der Waals surface area (Å²) in [5, 5.41) is 11.2. The third kappa shape index (κ3) is 4.51. The number of rotatable bonds is 5. The summed E-state index contributed by atoms with van der Waals surface area (Å²) in [4.78, 5) is 26.7. The molecule has 3 heterocycles. The van der Waals surface area contributed by atoms with Gasteiger partial charge >= 0.3 is 0 Å². The largest absolute Gasteiger partial charge is 0.349 e. The molecule has 3 aromatic rings. The molecule has 0 unspecified atom stereocenters. The number of carbonyl (C=O) groups is 2. The van der Waals surface area contributed by atoms with E-state index in [4.69, 9.17) is 0 Å². The highest BCUT2D eigenvalue weighted by atomic mass is 16.2. The van der Waals surface area contributed by atoms with E-state index >= 15 is 0 Å². The van der Waals surface area contributed by atoms with E-state index in [9.17, 15) is 9.59 Å². The molecule has 0 bridgehead atoms. The fourth-order valence-electron chi connectivity index (χ4n) is 3.52. The third-order valence-electron chi connectivity index (χ3n) is 5.20. The lowest BCUT2D eigenvalue weighted by atomic mass is 9.96. The first kappa shape index (κ1) is 18.9. The number of pyridine rings is 1. The molecule has 1 saturated heterocycles. The Morgan fingerprint density at radius 3 is 2.59 bits per heavy atom. The number of likely N-dealkylation sites (tertiary alicyclic amines) is 1. The molecule has 29 heavy (non-hydrogen) atoms. The van der Waals surface area contributed by atoms with Crippen LogP contribution in [0.4, 0.5) is 0 Å². The Balaban J connectivity index is 1.26. The second-order valence-corrected chi connectivity index (χ2v) is 7.11. The number of aromatic nitrogens is 3.